The van der Waals surface area contributed by atoms with Gasteiger partial charge in [-0.1, -0.05) is 31.2 Å². The molecule has 0 bridgehead atoms. The molecule has 1 saturated heterocycles. The molecule has 0 atom stereocenters. The molecule has 1 N–H and O–H groups in total. The van der Waals surface area contributed by atoms with Crippen LogP contribution in [-0.2, 0) is 16.4 Å². The number of hydrogen-bond donors (Lipinski definition) is 1. The van der Waals surface area contributed by atoms with Crippen LogP contribution in [0.3, 0.4) is 0 Å². The quantitative estimate of drug-likeness (QED) is 0.920. The Balaban J connectivity index is 1.80. The lowest BCUT2D eigenvalue weighted by molar-refractivity contribution is 0.0650. The number of allylic oxidation sites excluding steroid dienone is 1. The Kier molecular flexibility index (Phi) is 4.63. The number of aryl methyl sites for hydroxylation is 1. The molecule has 3 rings (SSSR count). The molecule has 0 unspecified atom stereocenters. The van der Waals surface area contributed by atoms with Crippen LogP contribution in [0.4, 0.5) is 0 Å². The Morgan fingerprint density at radius 1 is 1.17 bits per heavy atom. The molecule has 1 heterocycles. The smallest absolute Gasteiger partial charge is 0.239 e. The van der Waals surface area contributed by atoms with Gasteiger partial charge >= 0.3 is 0 Å². The van der Waals surface area contributed by atoms with Crippen LogP contribution in [0.25, 0.3) is 6.08 Å². The van der Waals surface area contributed by atoms with Gasteiger partial charge in [0.05, 0.1) is 4.91 Å². The number of hydrogen-bond acceptors (Lipinski definition) is 3. The summed E-state index contributed by atoms with van der Waals surface area (Å²) in [7, 11) is -3.38. The molecule has 0 amide bonds. The minimum atomic E-state index is -3.38. The van der Waals surface area contributed by atoms with Crippen LogP contribution < -0.4 is 0 Å². The van der Waals surface area contributed by atoms with E-state index in [1.54, 1.807) is 4.31 Å². The topological polar surface area (TPSA) is 57.6 Å². The normalized spacial score (nSPS) is 21.6. The highest BCUT2D eigenvalue weighted by atomic mass is 32.2. The summed E-state index contributed by atoms with van der Waals surface area (Å²) in [5.41, 5.74) is 2.14. The number of aliphatic hydroxyl groups is 1. The lowest BCUT2D eigenvalue weighted by Gasteiger charge is -2.40. The lowest BCUT2D eigenvalue weighted by Crippen LogP contribution is -2.44. The molecule has 0 aromatic heterocycles. The SMILES string of the molecule is CCC1(CO)CCN(S(=O)(=O)C2=Cc3ccccc3CC2)CC1. The van der Waals surface area contributed by atoms with Gasteiger partial charge < -0.3 is 5.11 Å². The first kappa shape index (κ1) is 16.7. The summed E-state index contributed by atoms with van der Waals surface area (Å²) in [6.45, 7) is 3.24. The third kappa shape index (κ3) is 3.10. The van der Waals surface area contributed by atoms with Gasteiger partial charge in [-0.2, -0.15) is 4.31 Å². The Morgan fingerprint density at radius 3 is 2.52 bits per heavy atom. The van der Waals surface area contributed by atoms with E-state index in [9.17, 15) is 13.5 Å². The highest BCUT2D eigenvalue weighted by Crippen LogP contribution is 2.37. The summed E-state index contributed by atoms with van der Waals surface area (Å²) in [5.74, 6) is 0. The van der Waals surface area contributed by atoms with E-state index in [2.05, 4.69) is 13.0 Å². The summed E-state index contributed by atoms with van der Waals surface area (Å²) in [6, 6.07) is 7.99. The number of benzene rings is 1. The Hall–Kier alpha value is -1.17. The molecular formula is C18H25NO3S. The van der Waals surface area contributed by atoms with Gasteiger partial charge in [-0.05, 0) is 54.7 Å². The summed E-state index contributed by atoms with van der Waals surface area (Å²) in [6.07, 6.45) is 5.57. The van der Waals surface area contributed by atoms with Crippen LogP contribution in [0, 0.1) is 5.41 Å². The average Bonchev–Trinajstić information content (AvgIpc) is 2.61. The molecule has 0 saturated carbocycles. The third-order valence-corrected chi connectivity index (χ3v) is 7.58. The molecule has 1 fully saturated rings. The van der Waals surface area contributed by atoms with Crippen molar-refractivity contribution in [1.82, 2.24) is 4.31 Å². The number of fused-ring (bicyclic) bond motifs is 1. The summed E-state index contributed by atoms with van der Waals surface area (Å²) < 4.78 is 27.5. The fraction of sp³-hybridized carbons (Fsp3) is 0.556. The van der Waals surface area contributed by atoms with Crippen LogP contribution in [0.5, 0.6) is 0 Å². The standard InChI is InChI=1S/C18H25NO3S/c1-2-18(14-20)9-11-19(12-10-18)23(21,22)17-8-7-15-5-3-4-6-16(15)13-17/h3-6,13,20H,2,7-12,14H2,1H3. The first-order valence-electron chi connectivity index (χ1n) is 8.40. The molecule has 1 aliphatic carbocycles. The van der Waals surface area contributed by atoms with Crippen molar-refractivity contribution in [1.29, 1.82) is 0 Å². The van der Waals surface area contributed by atoms with Crippen molar-refractivity contribution in [2.75, 3.05) is 19.7 Å². The Morgan fingerprint density at radius 2 is 1.87 bits per heavy atom. The van der Waals surface area contributed by atoms with E-state index in [4.69, 9.17) is 0 Å². The van der Waals surface area contributed by atoms with Gasteiger partial charge in [0.15, 0.2) is 0 Å². The van der Waals surface area contributed by atoms with Crippen molar-refractivity contribution in [2.24, 2.45) is 5.41 Å². The van der Waals surface area contributed by atoms with Gasteiger partial charge in [0, 0.05) is 19.7 Å². The zero-order chi connectivity index (χ0) is 16.5. The second-order valence-electron chi connectivity index (χ2n) is 6.73. The minimum absolute atomic E-state index is 0.0977. The zero-order valence-electron chi connectivity index (χ0n) is 13.7. The van der Waals surface area contributed by atoms with Crippen molar-refractivity contribution >= 4 is 16.1 Å². The number of piperidine rings is 1. The highest BCUT2D eigenvalue weighted by Gasteiger charge is 2.37. The Bertz CT molecular complexity index is 695. The van der Waals surface area contributed by atoms with Crippen LogP contribution in [0.2, 0.25) is 0 Å². The van der Waals surface area contributed by atoms with E-state index in [0.29, 0.717) is 24.4 Å². The maximum Gasteiger partial charge on any atom is 0.239 e. The van der Waals surface area contributed by atoms with Gasteiger partial charge in [0.2, 0.25) is 10.0 Å². The lowest BCUT2D eigenvalue weighted by atomic mass is 9.77. The number of sulfonamides is 1. The molecule has 0 spiro atoms. The second kappa shape index (κ2) is 6.38. The van der Waals surface area contributed by atoms with Gasteiger partial charge in [-0.15, -0.1) is 0 Å². The van der Waals surface area contributed by atoms with Crippen molar-refractivity contribution < 1.29 is 13.5 Å². The average molecular weight is 335 g/mol. The van der Waals surface area contributed by atoms with E-state index in [1.807, 2.05) is 24.3 Å². The number of nitrogens with zero attached hydrogens (tertiary/aromatic N) is 1. The van der Waals surface area contributed by atoms with E-state index in [-0.39, 0.29) is 12.0 Å². The van der Waals surface area contributed by atoms with E-state index in [0.717, 1.165) is 31.2 Å². The van der Waals surface area contributed by atoms with E-state index >= 15 is 0 Å². The highest BCUT2D eigenvalue weighted by molar-refractivity contribution is 7.93. The van der Waals surface area contributed by atoms with E-state index in [1.165, 1.54) is 5.56 Å². The fourth-order valence-electron chi connectivity index (χ4n) is 3.60. The van der Waals surface area contributed by atoms with Gasteiger partial charge in [0.25, 0.3) is 0 Å². The van der Waals surface area contributed by atoms with Crippen molar-refractivity contribution in [3.63, 3.8) is 0 Å². The summed E-state index contributed by atoms with van der Waals surface area (Å²) in [4.78, 5) is 0.532. The van der Waals surface area contributed by atoms with Crippen LogP contribution >= 0.6 is 0 Å². The minimum Gasteiger partial charge on any atom is -0.396 e. The van der Waals surface area contributed by atoms with Crippen LogP contribution in [0.1, 0.15) is 43.7 Å². The largest absolute Gasteiger partial charge is 0.396 e. The van der Waals surface area contributed by atoms with Gasteiger partial charge in [0.1, 0.15) is 0 Å². The van der Waals surface area contributed by atoms with E-state index < -0.39 is 10.0 Å². The number of aliphatic hydroxyl groups excluding tert-OH is 1. The molecule has 126 valence electrons. The molecule has 4 nitrogen and oxygen atoms in total. The van der Waals surface area contributed by atoms with Crippen molar-refractivity contribution in [3.05, 3.63) is 40.3 Å². The zero-order valence-corrected chi connectivity index (χ0v) is 14.5. The second-order valence-corrected chi connectivity index (χ2v) is 8.72. The molecule has 1 aliphatic heterocycles. The fourth-order valence-corrected chi connectivity index (χ4v) is 5.23. The molecule has 5 heteroatoms. The first-order valence-corrected chi connectivity index (χ1v) is 9.84. The molecule has 0 radical (unpaired) electrons. The molecule has 2 aliphatic rings. The predicted molar refractivity (Wildman–Crippen MR) is 92.3 cm³/mol. The van der Waals surface area contributed by atoms with Crippen LogP contribution in [-0.4, -0.2) is 37.5 Å². The first-order chi connectivity index (χ1) is 11.0. The van der Waals surface area contributed by atoms with Crippen molar-refractivity contribution in [3.8, 4) is 0 Å². The summed E-state index contributed by atoms with van der Waals surface area (Å²) >= 11 is 0. The maximum absolute atomic E-state index is 12.9. The van der Waals surface area contributed by atoms with Crippen molar-refractivity contribution in [2.45, 2.75) is 39.0 Å². The molecular weight excluding hydrogens is 310 g/mol. The molecule has 23 heavy (non-hydrogen) atoms. The predicted octanol–water partition coefficient (Wildman–Crippen LogP) is 2.79. The maximum atomic E-state index is 12.9. The summed E-state index contributed by atoms with van der Waals surface area (Å²) in [5, 5.41) is 9.61. The van der Waals surface area contributed by atoms with Gasteiger partial charge in [-0.3, -0.25) is 0 Å². The monoisotopic (exact) mass is 335 g/mol. The van der Waals surface area contributed by atoms with Crippen LogP contribution in [0.15, 0.2) is 29.2 Å². The third-order valence-electron chi connectivity index (χ3n) is 5.55. The Labute approximate surface area is 138 Å². The van der Waals surface area contributed by atoms with Gasteiger partial charge in [-0.25, -0.2) is 8.42 Å². The number of rotatable bonds is 4. The molecule has 1 aromatic carbocycles. The molecule has 1 aromatic rings.